The molecule has 11 heteroatoms. The van der Waals surface area contributed by atoms with Crippen LogP contribution in [-0.2, 0) is 20.0 Å². The molecule has 162 valence electrons. The van der Waals surface area contributed by atoms with Gasteiger partial charge < -0.3 is 0 Å². The average molecular weight is 456 g/mol. The SMILES string of the molecule is O=C(NNS(=O)(=O)c1ccc(F)cc1)c1ccc(S(=O)(=O)N2CCCCCC2)cc1. The van der Waals surface area contributed by atoms with Crippen molar-refractivity contribution in [1.82, 2.24) is 14.6 Å². The van der Waals surface area contributed by atoms with Gasteiger partial charge in [0.05, 0.1) is 9.79 Å². The first-order chi connectivity index (χ1) is 14.2. The lowest BCUT2D eigenvalue weighted by Crippen LogP contribution is -2.41. The number of nitrogens with zero attached hydrogens (tertiary/aromatic N) is 1. The van der Waals surface area contributed by atoms with Crippen molar-refractivity contribution in [2.24, 2.45) is 0 Å². The van der Waals surface area contributed by atoms with Gasteiger partial charge >= 0.3 is 0 Å². The molecule has 2 aromatic carbocycles. The maximum atomic E-state index is 12.9. The molecule has 0 radical (unpaired) electrons. The van der Waals surface area contributed by atoms with E-state index in [4.69, 9.17) is 0 Å². The molecule has 1 aliphatic heterocycles. The molecule has 2 aromatic rings. The van der Waals surface area contributed by atoms with Crippen molar-refractivity contribution in [2.75, 3.05) is 13.1 Å². The van der Waals surface area contributed by atoms with Crippen molar-refractivity contribution in [1.29, 1.82) is 0 Å². The highest BCUT2D eigenvalue weighted by atomic mass is 32.2. The predicted molar refractivity (Wildman–Crippen MR) is 108 cm³/mol. The fraction of sp³-hybridized carbons (Fsp3) is 0.316. The quantitative estimate of drug-likeness (QED) is 0.647. The van der Waals surface area contributed by atoms with Crippen LogP contribution in [0.3, 0.4) is 0 Å². The molecule has 0 spiro atoms. The number of benzene rings is 2. The van der Waals surface area contributed by atoms with Crippen LogP contribution in [0.1, 0.15) is 36.0 Å². The normalized spacial score (nSPS) is 16.0. The van der Waals surface area contributed by atoms with Gasteiger partial charge in [0.2, 0.25) is 10.0 Å². The molecule has 8 nitrogen and oxygen atoms in total. The summed E-state index contributed by atoms with van der Waals surface area (Å²) in [5.74, 6) is -1.35. The third kappa shape index (κ3) is 5.22. The largest absolute Gasteiger partial charge is 0.273 e. The third-order valence-corrected chi connectivity index (χ3v) is 7.92. The van der Waals surface area contributed by atoms with Crippen LogP contribution in [0.15, 0.2) is 58.3 Å². The molecule has 1 saturated heterocycles. The molecule has 1 amide bonds. The monoisotopic (exact) mass is 455 g/mol. The lowest BCUT2D eigenvalue weighted by Gasteiger charge is -2.20. The van der Waals surface area contributed by atoms with Crippen molar-refractivity contribution in [3.63, 3.8) is 0 Å². The number of sulfonamides is 2. The molecule has 30 heavy (non-hydrogen) atoms. The van der Waals surface area contributed by atoms with Crippen LogP contribution in [0.2, 0.25) is 0 Å². The summed E-state index contributed by atoms with van der Waals surface area (Å²) in [6, 6.07) is 9.37. The predicted octanol–water partition coefficient (Wildman–Crippen LogP) is 2.01. The Morgan fingerprint density at radius 1 is 0.800 bits per heavy atom. The first kappa shape index (κ1) is 22.3. The van der Waals surface area contributed by atoms with Crippen molar-refractivity contribution < 1.29 is 26.0 Å². The standard InChI is InChI=1S/C19H22FN3O5S2/c20-16-7-11-17(12-8-16)29(25,26)22-21-19(24)15-5-9-18(10-6-15)30(27,28)23-13-3-1-2-4-14-23/h5-12,22H,1-4,13-14H2,(H,21,24). The minimum Gasteiger partial charge on any atom is -0.273 e. The van der Waals surface area contributed by atoms with Gasteiger partial charge in [0.1, 0.15) is 5.82 Å². The summed E-state index contributed by atoms with van der Waals surface area (Å²) in [6.07, 6.45) is 3.62. The number of hydrogen-bond acceptors (Lipinski definition) is 5. The summed E-state index contributed by atoms with van der Waals surface area (Å²) in [4.78, 5) is 14.0. The third-order valence-electron chi connectivity index (χ3n) is 4.74. The van der Waals surface area contributed by atoms with E-state index in [0.717, 1.165) is 49.9 Å². The average Bonchev–Trinajstić information content (AvgIpc) is 3.03. The Morgan fingerprint density at radius 2 is 1.33 bits per heavy atom. The fourth-order valence-corrected chi connectivity index (χ4v) is 5.42. The molecular weight excluding hydrogens is 433 g/mol. The van der Waals surface area contributed by atoms with Crippen LogP contribution in [0.5, 0.6) is 0 Å². The van der Waals surface area contributed by atoms with Gasteiger partial charge in [-0.2, -0.15) is 4.31 Å². The Kier molecular flexibility index (Phi) is 6.86. The molecular formula is C19H22FN3O5S2. The van der Waals surface area contributed by atoms with Crippen LogP contribution >= 0.6 is 0 Å². The maximum Gasteiger partial charge on any atom is 0.266 e. The van der Waals surface area contributed by atoms with E-state index in [1.807, 2.05) is 4.83 Å². The molecule has 1 fully saturated rings. The summed E-state index contributed by atoms with van der Waals surface area (Å²) in [6.45, 7) is 0.936. The second-order valence-corrected chi connectivity index (χ2v) is 10.5. The van der Waals surface area contributed by atoms with Crippen LogP contribution in [0, 0.1) is 5.82 Å². The second-order valence-electron chi connectivity index (χ2n) is 6.86. The van der Waals surface area contributed by atoms with E-state index < -0.39 is 31.8 Å². The molecule has 0 saturated carbocycles. The van der Waals surface area contributed by atoms with Crippen LogP contribution in [0.25, 0.3) is 0 Å². The minimum absolute atomic E-state index is 0.0756. The van der Waals surface area contributed by atoms with E-state index in [1.165, 1.54) is 28.6 Å². The van der Waals surface area contributed by atoms with Gasteiger partial charge in [-0.1, -0.05) is 12.8 Å². The Hall–Kier alpha value is -2.34. The van der Waals surface area contributed by atoms with Gasteiger partial charge in [-0.3, -0.25) is 10.2 Å². The summed E-state index contributed by atoms with van der Waals surface area (Å²) < 4.78 is 64.2. The zero-order valence-corrected chi connectivity index (χ0v) is 17.7. The van der Waals surface area contributed by atoms with Crippen molar-refractivity contribution in [3.05, 3.63) is 59.9 Å². The van der Waals surface area contributed by atoms with Crippen LogP contribution < -0.4 is 10.3 Å². The van der Waals surface area contributed by atoms with Gasteiger partial charge in [-0.15, -0.1) is 4.83 Å². The Morgan fingerprint density at radius 3 is 1.90 bits per heavy atom. The van der Waals surface area contributed by atoms with Gasteiger partial charge in [0, 0.05) is 18.7 Å². The second kappa shape index (κ2) is 9.21. The molecule has 0 atom stereocenters. The topological polar surface area (TPSA) is 113 Å². The lowest BCUT2D eigenvalue weighted by atomic mass is 10.2. The van der Waals surface area contributed by atoms with Gasteiger partial charge in [0.15, 0.2) is 0 Å². The molecule has 1 heterocycles. The number of rotatable bonds is 6. The first-order valence-corrected chi connectivity index (χ1v) is 12.3. The number of halogens is 1. The van der Waals surface area contributed by atoms with Crippen LogP contribution in [0.4, 0.5) is 4.39 Å². The number of hydrazine groups is 1. The molecule has 2 N–H and O–H groups in total. The number of hydrogen-bond donors (Lipinski definition) is 2. The number of carbonyl (C=O) groups is 1. The molecule has 3 rings (SSSR count). The first-order valence-electron chi connectivity index (χ1n) is 9.38. The summed E-state index contributed by atoms with van der Waals surface area (Å²) in [5.41, 5.74) is 2.13. The van der Waals surface area contributed by atoms with Gasteiger partial charge in [-0.05, 0) is 61.4 Å². The zero-order chi connectivity index (χ0) is 21.8. The lowest BCUT2D eigenvalue weighted by molar-refractivity contribution is 0.0945. The summed E-state index contributed by atoms with van der Waals surface area (Å²) >= 11 is 0. The van der Waals surface area contributed by atoms with Gasteiger partial charge in [0.25, 0.3) is 15.9 Å². The van der Waals surface area contributed by atoms with Crippen molar-refractivity contribution in [2.45, 2.75) is 35.5 Å². The Bertz CT molecular complexity index is 1090. The highest BCUT2D eigenvalue weighted by molar-refractivity contribution is 7.89. The number of amides is 1. The fourth-order valence-electron chi connectivity index (χ4n) is 3.07. The smallest absolute Gasteiger partial charge is 0.266 e. The molecule has 0 unspecified atom stereocenters. The molecule has 1 aliphatic rings. The van der Waals surface area contributed by atoms with E-state index in [1.54, 1.807) is 0 Å². The zero-order valence-electron chi connectivity index (χ0n) is 16.0. The highest BCUT2D eigenvalue weighted by Gasteiger charge is 2.25. The Labute approximate surface area is 175 Å². The van der Waals surface area contributed by atoms with Crippen molar-refractivity contribution >= 4 is 26.0 Å². The van der Waals surface area contributed by atoms with E-state index >= 15 is 0 Å². The summed E-state index contributed by atoms with van der Waals surface area (Å²) in [5, 5.41) is 0. The maximum absolute atomic E-state index is 12.9. The molecule has 0 aliphatic carbocycles. The summed E-state index contributed by atoms with van der Waals surface area (Å²) in [7, 11) is -7.72. The van der Waals surface area contributed by atoms with Crippen LogP contribution in [-0.4, -0.2) is 40.1 Å². The van der Waals surface area contributed by atoms with E-state index in [0.29, 0.717) is 13.1 Å². The van der Waals surface area contributed by atoms with E-state index in [-0.39, 0.29) is 15.4 Å². The van der Waals surface area contributed by atoms with Crippen molar-refractivity contribution in [3.8, 4) is 0 Å². The number of carbonyl (C=O) groups excluding carboxylic acids is 1. The minimum atomic E-state index is -4.08. The molecule has 0 aromatic heterocycles. The Balaban J connectivity index is 1.67. The highest BCUT2D eigenvalue weighted by Crippen LogP contribution is 2.20. The molecule has 0 bridgehead atoms. The number of nitrogens with one attached hydrogen (secondary N) is 2. The van der Waals surface area contributed by atoms with E-state index in [2.05, 4.69) is 5.43 Å². The van der Waals surface area contributed by atoms with Gasteiger partial charge in [-0.25, -0.2) is 21.2 Å². The van der Waals surface area contributed by atoms with E-state index in [9.17, 15) is 26.0 Å².